The van der Waals surface area contributed by atoms with Crippen molar-refractivity contribution in [1.82, 2.24) is 10.2 Å². The third kappa shape index (κ3) is 5.08. The summed E-state index contributed by atoms with van der Waals surface area (Å²) in [4.78, 5) is 11.6. The van der Waals surface area contributed by atoms with E-state index >= 15 is 0 Å². The van der Waals surface area contributed by atoms with Crippen LogP contribution in [0.5, 0.6) is 0 Å². The first kappa shape index (κ1) is 13.8. The Morgan fingerprint density at radius 1 is 1.59 bits per heavy atom. The molecule has 0 aliphatic heterocycles. The maximum atomic E-state index is 11.6. The number of hydrogen-bond donors (Lipinski definition) is 2. The van der Waals surface area contributed by atoms with Gasteiger partial charge in [-0.25, -0.2) is 0 Å². The second-order valence-corrected chi connectivity index (χ2v) is 3.86. The molecule has 94 valence electrons. The first-order valence-electron chi connectivity index (χ1n) is 5.18. The number of ether oxygens (including phenoxy) is 1. The normalized spacial score (nSPS) is 12.2. The van der Waals surface area contributed by atoms with E-state index in [9.17, 15) is 4.79 Å². The largest absolute Gasteiger partial charge is 0.385 e. The standard InChI is InChI=1S/C10H15ClN4O2/c1-17-6-2-3-7(12)10(16)13-9-5-4-8(11)14-15-9/h4-5,7H,2-3,6,12H2,1H3,(H,13,15,16). The van der Waals surface area contributed by atoms with Crippen molar-refractivity contribution in [3.63, 3.8) is 0 Å². The van der Waals surface area contributed by atoms with Crippen LogP contribution in [0, 0.1) is 0 Å². The van der Waals surface area contributed by atoms with Crippen molar-refractivity contribution in [2.75, 3.05) is 19.0 Å². The summed E-state index contributed by atoms with van der Waals surface area (Å²) in [6.45, 7) is 0.585. The van der Waals surface area contributed by atoms with E-state index in [1.54, 1.807) is 19.2 Å². The Balaban J connectivity index is 2.40. The second kappa shape index (κ2) is 7.16. The van der Waals surface area contributed by atoms with E-state index in [0.29, 0.717) is 18.8 Å². The molecule has 0 radical (unpaired) electrons. The number of aromatic nitrogens is 2. The number of nitrogens with one attached hydrogen (secondary N) is 1. The summed E-state index contributed by atoms with van der Waals surface area (Å²) in [6.07, 6.45) is 1.29. The number of halogens is 1. The number of nitrogens with two attached hydrogens (primary N) is 1. The molecule has 0 saturated heterocycles. The minimum Gasteiger partial charge on any atom is -0.385 e. The Kier molecular flexibility index (Phi) is 5.82. The van der Waals surface area contributed by atoms with Crippen LogP contribution in [0.25, 0.3) is 0 Å². The molecular formula is C10H15ClN4O2. The first-order chi connectivity index (χ1) is 8.13. The van der Waals surface area contributed by atoms with Gasteiger partial charge < -0.3 is 15.8 Å². The van der Waals surface area contributed by atoms with Gasteiger partial charge in [-0.05, 0) is 25.0 Å². The monoisotopic (exact) mass is 258 g/mol. The van der Waals surface area contributed by atoms with E-state index in [2.05, 4.69) is 15.5 Å². The van der Waals surface area contributed by atoms with Crippen LogP contribution >= 0.6 is 11.6 Å². The molecular weight excluding hydrogens is 244 g/mol. The van der Waals surface area contributed by atoms with Gasteiger partial charge in [0, 0.05) is 13.7 Å². The summed E-state index contributed by atoms with van der Waals surface area (Å²) in [6, 6.07) is 2.53. The number of rotatable bonds is 6. The molecule has 0 aliphatic carbocycles. The molecule has 0 aliphatic rings. The van der Waals surface area contributed by atoms with Gasteiger partial charge in [0.15, 0.2) is 11.0 Å². The molecule has 1 aromatic rings. The average molecular weight is 259 g/mol. The minimum atomic E-state index is -0.581. The first-order valence-corrected chi connectivity index (χ1v) is 5.56. The zero-order chi connectivity index (χ0) is 12.7. The summed E-state index contributed by atoms with van der Waals surface area (Å²) in [5, 5.41) is 10.1. The highest BCUT2D eigenvalue weighted by atomic mass is 35.5. The zero-order valence-electron chi connectivity index (χ0n) is 9.52. The molecule has 1 heterocycles. The van der Waals surface area contributed by atoms with E-state index in [1.807, 2.05) is 0 Å². The van der Waals surface area contributed by atoms with Crippen LogP contribution in [0.3, 0.4) is 0 Å². The molecule has 1 rings (SSSR count). The smallest absolute Gasteiger partial charge is 0.242 e. The molecule has 1 amide bonds. The van der Waals surface area contributed by atoms with Crippen LogP contribution in [0.4, 0.5) is 5.82 Å². The third-order valence-electron chi connectivity index (χ3n) is 2.08. The van der Waals surface area contributed by atoms with Gasteiger partial charge in [0.05, 0.1) is 6.04 Å². The maximum Gasteiger partial charge on any atom is 0.242 e. The fraction of sp³-hybridized carbons (Fsp3) is 0.500. The molecule has 3 N–H and O–H groups in total. The van der Waals surface area contributed by atoms with Crippen molar-refractivity contribution in [3.05, 3.63) is 17.3 Å². The molecule has 1 atom stereocenters. The fourth-order valence-electron chi connectivity index (χ4n) is 1.18. The van der Waals surface area contributed by atoms with Crippen LogP contribution in [0.15, 0.2) is 12.1 Å². The average Bonchev–Trinajstić information content (AvgIpc) is 2.32. The molecule has 17 heavy (non-hydrogen) atoms. The van der Waals surface area contributed by atoms with Crippen LogP contribution in [0.1, 0.15) is 12.8 Å². The van der Waals surface area contributed by atoms with Crippen molar-refractivity contribution in [2.45, 2.75) is 18.9 Å². The van der Waals surface area contributed by atoms with E-state index in [1.165, 1.54) is 0 Å². The molecule has 0 saturated carbocycles. The highest BCUT2D eigenvalue weighted by Crippen LogP contribution is 2.07. The van der Waals surface area contributed by atoms with Crippen molar-refractivity contribution in [3.8, 4) is 0 Å². The lowest BCUT2D eigenvalue weighted by Gasteiger charge is -2.10. The molecule has 1 aromatic heterocycles. The number of methoxy groups -OCH3 is 1. The van der Waals surface area contributed by atoms with E-state index < -0.39 is 6.04 Å². The van der Waals surface area contributed by atoms with Gasteiger partial charge >= 0.3 is 0 Å². The van der Waals surface area contributed by atoms with Crippen LogP contribution in [-0.4, -0.2) is 35.9 Å². The number of amides is 1. The molecule has 0 spiro atoms. The lowest BCUT2D eigenvalue weighted by molar-refractivity contribution is -0.117. The molecule has 7 heteroatoms. The van der Waals surface area contributed by atoms with Crippen molar-refractivity contribution >= 4 is 23.3 Å². The summed E-state index contributed by atoms with van der Waals surface area (Å²) in [7, 11) is 1.61. The van der Waals surface area contributed by atoms with Crippen LogP contribution in [0.2, 0.25) is 5.15 Å². The zero-order valence-corrected chi connectivity index (χ0v) is 10.3. The van der Waals surface area contributed by atoms with Gasteiger partial charge in [0.1, 0.15) is 0 Å². The Labute approximate surface area is 104 Å². The van der Waals surface area contributed by atoms with E-state index in [0.717, 1.165) is 6.42 Å². The van der Waals surface area contributed by atoms with E-state index in [-0.39, 0.29) is 11.1 Å². The fourth-order valence-corrected chi connectivity index (χ4v) is 1.28. The van der Waals surface area contributed by atoms with Crippen molar-refractivity contribution in [2.24, 2.45) is 5.73 Å². The summed E-state index contributed by atoms with van der Waals surface area (Å²) >= 11 is 5.57. The number of nitrogens with zero attached hydrogens (tertiary/aromatic N) is 2. The number of carbonyl (C=O) groups is 1. The predicted molar refractivity (Wildman–Crippen MR) is 64.8 cm³/mol. The summed E-state index contributed by atoms with van der Waals surface area (Å²) < 4.78 is 4.88. The summed E-state index contributed by atoms with van der Waals surface area (Å²) in [5.41, 5.74) is 5.69. The molecule has 0 aromatic carbocycles. The molecule has 6 nitrogen and oxygen atoms in total. The Bertz CT molecular complexity index is 358. The number of anilines is 1. The molecule has 0 fully saturated rings. The SMILES string of the molecule is COCCCC(N)C(=O)Nc1ccc(Cl)nn1. The Morgan fingerprint density at radius 3 is 2.94 bits per heavy atom. The molecule has 1 unspecified atom stereocenters. The van der Waals surface area contributed by atoms with Gasteiger partial charge in [-0.1, -0.05) is 11.6 Å². The second-order valence-electron chi connectivity index (χ2n) is 3.47. The topological polar surface area (TPSA) is 90.1 Å². The van der Waals surface area contributed by atoms with Crippen molar-refractivity contribution < 1.29 is 9.53 Å². The highest BCUT2D eigenvalue weighted by molar-refractivity contribution is 6.29. The quantitative estimate of drug-likeness (QED) is 0.738. The number of hydrogen-bond acceptors (Lipinski definition) is 5. The van der Waals surface area contributed by atoms with Gasteiger partial charge in [-0.2, -0.15) is 0 Å². The minimum absolute atomic E-state index is 0.271. The summed E-state index contributed by atoms with van der Waals surface area (Å²) in [5.74, 6) is 0.0410. The van der Waals surface area contributed by atoms with Crippen LogP contribution < -0.4 is 11.1 Å². The highest BCUT2D eigenvalue weighted by Gasteiger charge is 2.13. The third-order valence-corrected chi connectivity index (χ3v) is 2.29. The van der Waals surface area contributed by atoms with Crippen molar-refractivity contribution in [1.29, 1.82) is 0 Å². The lowest BCUT2D eigenvalue weighted by Crippen LogP contribution is -2.36. The van der Waals surface area contributed by atoms with Gasteiger partial charge in [-0.3, -0.25) is 4.79 Å². The molecule has 0 bridgehead atoms. The predicted octanol–water partition coefficient (Wildman–Crippen LogP) is 0.822. The maximum absolute atomic E-state index is 11.6. The Hall–Kier alpha value is -1.24. The van der Waals surface area contributed by atoms with Gasteiger partial charge in [0.2, 0.25) is 5.91 Å². The van der Waals surface area contributed by atoms with Crippen LogP contribution in [-0.2, 0) is 9.53 Å². The number of carbonyl (C=O) groups excluding carboxylic acids is 1. The van der Waals surface area contributed by atoms with E-state index in [4.69, 9.17) is 22.1 Å². The Morgan fingerprint density at radius 2 is 2.35 bits per heavy atom. The lowest BCUT2D eigenvalue weighted by atomic mass is 10.1. The van der Waals surface area contributed by atoms with Gasteiger partial charge in [-0.15, -0.1) is 10.2 Å². The van der Waals surface area contributed by atoms with Gasteiger partial charge in [0.25, 0.3) is 0 Å².